The summed E-state index contributed by atoms with van der Waals surface area (Å²) in [6, 6.07) is 6.44. The van der Waals surface area contributed by atoms with Crippen molar-refractivity contribution in [2.24, 2.45) is 5.92 Å². The highest BCUT2D eigenvalue weighted by molar-refractivity contribution is 7.14. The number of benzene rings is 1. The van der Waals surface area contributed by atoms with Crippen LogP contribution in [0.5, 0.6) is 0 Å². The summed E-state index contributed by atoms with van der Waals surface area (Å²) < 4.78 is 13.3. The van der Waals surface area contributed by atoms with E-state index in [1.165, 1.54) is 29.0 Å². The van der Waals surface area contributed by atoms with E-state index in [4.69, 9.17) is 0 Å². The maximum absolute atomic E-state index is 13.3. The first-order valence-electron chi connectivity index (χ1n) is 7.22. The minimum atomic E-state index is -0.338. The van der Waals surface area contributed by atoms with Crippen molar-refractivity contribution in [2.75, 3.05) is 5.32 Å². The van der Waals surface area contributed by atoms with Gasteiger partial charge in [0.1, 0.15) is 5.82 Å². The van der Waals surface area contributed by atoms with Gasteiger partial charge in [0.25, 0.3) is 5.91 Å². The Labute approximate surface area is 128 Å². The zero-order valence-corrected chi connectivity index (χ0v) is 13.0. The molecule has 1 aromatic carbocycles. The van der Waals surface area contributed by atoms with Crippen LogP contribution in [0, 0.1) is 18.7 Å². The highest BCUT2D eigenvalue weighted by Gasteiger charge is 2.21. The van der Waals surface area contributed by atoms with E-state index in [-0.39, 0.29) is 11.7 Å². The first-order chi connectivity index (χ1) is 10.0. The van der Waals surface area contributed by atoms with E-state index in [1.54, 1.807) is 17.4 Å². The molecule has 110 valence electrons. The van der Waals surface area contributed by atoms with Crippen molar-refractivity contribution in [1.82, 2.24) is 0 Å². The minimum absolute atomic E-state index is 0.143. The fourth-order valence-corrected chi connectivity index (χ4v) is 3.83. The number of rotatable bonds is 2. The zero-order chi connectivity index (χ0) is 15.0. The van der Waals surface area contributed by atoms with Crippen LogP contribution in [0.2, 0.25) is 0 Å². The van der Waals surface area contributed by atoms with Gasteiger partial charge < -0.3 is 5.32 Å². The van der Waals surface area contributed by atoms with Crippen LogP contribution < -0.4 is 5.32 Å². The number of amides is 1. The van der Waals surface area contributed by atoms with E-state index in [0.717, 1.165) is 23.3 Å². The number of carbonyl (C=O) groups excluding carboxylic acids is 1. The number of nitrogens with one attached hydrogen (secondary N) is 1. The monoisotopic (exact) mass is 303 g/mol. The molecule has 2 aromatic rings. The lowest BCUT2D eigenvalue weighted by Crippen LogP contribution is -2.11. The summed E-state index contributed by atoms with van der Waals surface area (Å²) in [5.41, 5.74) is 2.71. The van der Waals surface area contributed by atoms with Crippen molar-refractivity contribution < 1.29 is 9.18 Å². The van der Waals surface area contributed by atoms with E-state index in [1.807, 2.05) is 13.0 Å². The summed E-state index contributed by atoms with van der Waals surface area (Å²) in [4.78, 5) is 14.4. The molecular weight excluding hydrogens is 285 g/mol. The quantitative estimate of drug-likeness (QED) is 0.865. The number of hydrogen-bond donors (Lipinski definition) is 1. The van der Waals surface area contributed by atoms with Gasteiger partial charge in [-0.25, -0.2) is 4.39 Å². The molecule has 21 heavy (non-hydrogen) atoms. The maximum Gasteiger partial charge on any atom is 0.265 e. The molecule has 0 bridgehead atoms. The molecule has 3 rings (SSSR count). The van der Waals surface area contributed by atoms with E-state index < -0.39 is 0 Å². The number of aryl methyl sites for hydroxylation is 2. The second kappa shape index (κ2) is 5.60. The molecule has 1 aliphatic carbocycles. The Bertz CT molecular complexity index is 692. The van der Waals surface area contributed by atoms with Crippen molar-refractivity contribution in [3.05, 3.63) is 51.0 Å². The first kappa shape index (κ1) is 14.3. The SMILES string of the molecule is Cc1ccc(F)cc1NC(=O)c1cc2c(s1)CCC(C)C2. The number of anilines is 1. The van der Waals surface area contributed by atoms with E-state index in [9.17, 15) is 9.18 Å². The normalized spacial score (nSPS) is 17.4. The summed E-state index contributed by atoms with van der Waals surface area (Å²) in [7, 11) is 0. The van der Waals surface area contributed by atoms with Crippen molar-refractivity contribution in [1.29, 1.82) is 0 Å². The van der Waals surface area contributed by atoms with Crippen molar-refractivity contribution in [2.45, 2.75) is 33.1 Å². The van der Waals surface area contributed by atoms with Gasteiger partial charge in [0.15, 0.2) is 0 Å². The fraction of sp³-hybridized carbons (Fsp3) is 0.353. The lowest BCUT2D eigenvalue weighted by Gasteiger charge is -2.16. The average Bonchev–Trinajstić information content (AvgIpc) is 2.86. The standard InChI is InChI=1S/C17H18FNOS/c1-10-3-6-15-12(7-10)8-16(21-15)17(20)19-14-9-13(18)5-4-11(14)2/h4-5,8-10H,3,6-7H2,1-2H3,(H,19,20). The molecule has 2 nitrogen and oxygen atoms in total. The fourth-order valence-electron chi connectivity index (χ4n) is 2.73. The molecule has 0 fully saturated rings. The van der Waals surface area contributed by atoms with Gasteiger partial charge in [-0.2, -0.15) is 0 Å². The topological polar surface area (TPSA) is 29.1 Å². The Morgan fingerprint density at radius 1 is 1.38 bits per heavy atom. The predicted octanol–water partition coefficient (Wildman–Crippen LogP) is 4.57. The molecule has 1 N–H and O–H groups in total. The molecule has 1 aromatic heterocycles. The second-order valence-corrected chi connectivity index (χ2v) is 6.96. The molecule has 0 radical (unpaired) electrons. The van der Waals surface area contributed by atoms with Gasteiger partial charge in [0.2, 0.25) is 0 Å². The first-order valence-corrected chi connectivity index (χ1v) is 8.03. The molecule has 0 saturated carbocycles. The third-order valence-electron chi connectivity index (χ3n) is 4.00. The van der Waals surface area contributed by atoms with Gasteiger partial charge in [-0.15, -0.1) is 11.3 Å². The molecule has 0 saturated heterocycles. The molecule has 1 heterocycles. The van der Waals surface area contributed by atoms with E-state index >= 15 is 0 Å². The maximum atomic E-state index is 13.3. The zero-order valence-electron chi connectivity index (χ0n) is 12.2. The molecule has 1 amide bonds. The van der Waals surface area contributed by atoms with Crippen LogP contribution in [0.1, 0.15) is 39.0 Å². The van der Waals surface area contributed by atoms with Crippen LogP contribution in [0.15, 0.2) is 24.3 Å². The lowest BCUT2D eigenvalue weighted by molar-refractivity contribution is 0.103. The van der Waals surface area contributed by atoms with E-state index in [2.05, 4.69) is 12.2 Å². The van der Waals surface area contributed by atoms with Gasteiger partial charge in [0, 0.05) is 10.6 Å². The van der Waals surface area contributed by atoms with Crippen LogP contribution in [0.25, 0.3) is 0 Å². The van der Waals surface area contributed by atoms with Crippen molar-refractivity contribution >= 4 is 22.9 Å². The molecule has 4 heteroatoms. The van der Waals surface area contributed by atoms with Crippen LogP contribution in [-0.4, -0.2) is 5.91 Å². The molecule has 1 aliphatic rings. The van der Waals surface area contributed by atoms with Gasteiger partial charge in [0.05, 0.1) is 4.88 Å². The van der Waals surface area contributed by atoms with Crippen LogP contribution in [0.3, 0.4) is 0 Å². The van der Waals surface area contributed by atoms with Gasteiger partial charge in [-0.3, -0.25) is 4.79 Å². The third-order valence-corrected chi connectivity index (χ3v) is 5.24. The molecule has 1 unspecified atom stereocenters. The second-order valence-electron chi connectivity index (χ2n) is 5.82. The summed E-state index contributed by atoms with van der Waals surface area (Å²) in [6.45, 7) is 4.10. The molecular formula is C17H18FNOS. The minimum Gasteiger partial charge on any atom is -0.321 e. The summed E-state index contributed by atoms with van der Waals surface area (Å²) in [5.74, 6) is 0.208. The number of hydrogen-bond acceptors (Lipinski definition) is 2. The highest BCUT2D eigenvalue weighted by Crippen LogP contribution is 2.32. The summed E-state index contributed by atoms with van der Waals surface area (Å²) in [5, 5.41) is 2.82. The number of halogens is 1. The predicted molar refractivity (Wildman–Crippen MR) is 84.6 cm³/mol. The van der Waals surface area contributed by atoms with Crippen LogP contribution in [0.4, 0.5) is 10.1 Å². The van der Waals surface area contributed by atoms with Gasteiger partial charge in [-0.1, -0.05) is 13.0 Å². The van der Waals surface area contributed by atoms with Crippen LogP contribution >= 0.6 is 11.3 Å². The number of carbonyl (C=O) groups is 1. The average molecular weight is 303 g/mol. The van der Waals surface area contributed by atoms with Gasteiger partial charge >= 0.3 is 0 Å². The lowest BCUT2D eigenvalue weighted by atomic mass is 9.90. The summed E-state index contributed by atoms with van der Waals surface area (Å²) in [6.07, 6.45) is 3.31. The number of fused-ring (bicyclic) bond motifs is 1. The Hall–Kier alpha value is -1.68. The third kappa shape index (κ3) is 3.00. The van der Waals surface area contributed by atoms with Crippen LogP contribution in [-0.2, 0) is 12.8 Å². The Balaban J connectivity index is 1.81. The van der Waals surface area contributed by atoms with E-state index in [0.29, 0.717) is 11.6 Å². The van der Waals surface area contributed by atoms with Crippen molar-refractivity contribution in [3.63, 3.8) is 0 Å². The van der Waals surface area contributed by atoms with Gasteiger partial charge in [-0.05, 0) is 61.4 Å². The molecule has 1 atom stereocenters. The Kier molecular flexibility index (Phi) is 3.81. The summed E-state index contributed by atoms with van der Waals surface area (Å²) >= 11 is 1.57. The Morgan fingerprint density at radius 3 is 3.00 bits per heavy atom. The van der Waals surface area contributed by atoms with Crippen molar-refractivity contribution in [3.8, 4) is 0 Å². The highest BCUT2D eigenvalue weighted by atomic mass is 32.1. The smallest absolute Gasteiger partial charge is 0.265 e. The Morgan fingerprint density at radius 2 is 2.19 bits per heavy atom. The molecule has 0 aliphatic heterocycles. The number of thiophene rings is 1. The molecule has 0 spiro atoms. The largest absolute Gasteiger partial charge is 0.321 e.